The summed E-state index contributed by atoms with van der Waals surface area (Å²) in [5.74, 6) is 1.38. The van der Waals surface area contributed by atoms with E-state index in [1.165, 1.54) is 31.2 Å². The third kappa shape index (κ3) is 4.04. The van der Waals surface area contributed by atoms with Gasteiger partial charge in [0.05, 0.1) is 11.0 Å². The molecule has 1 aliphatic heterocycles. The molecule has 5 nitrogen and oxygen atoms in total. The Bertz CT molecular complexity index is 751. The predicted octanol–water partition coefficient (Wildman–Crippen LogP) is 2.80. The van der Waals surface area contributed by atoms with Gasteiger partial charge < -0.3 is 10.2 Å². The number of fused-ring (bicyclic) bond motifs is 1. The van der Waals surface area contributed by atoms with Crippen LogP contribution in [0.4, 0.5) is 0 Å². The van der Waals surface area contributed by atoms with Crippen LogP contribution in [-0.4, -0.2) is 47.0 Å². The van der Waals surface area contributed by atoms with Crippen molar-refractivity contribution in [2.45, 2.75) is 38.5 Å². The van der Waals surface area contributed by atoms with Crippen molar-refractivity contribution in [1.82, 2.24) is 20.2 Å². The van der Waals surface area contributed by atoms with Crippen molar-refractivity contribution < 1.29 is 4.79 Å². The summed E-state index contributed by atoms with van der Waals surface area (Å²) in [6.07, 6.45) is 10.4. The minimum Gasteiger partial charge on any atom is -0.341 e. The fraction of sp³-hybridized carbons (Fsp3) is 0.571. The highest BCUT2D eigenvalue weighted by atomic mass is 16.2. The lowest BCUT2D eigenvalue weighted by atomic mass is 9.97. The molecule has 26 heavy (non-hydrogen) atoms. The molecule has 3 heterocycles. The smallest absolute Gasteiger partial charge is 0.222 e. The van der Waals surface area contributed by atoms with E-state index >= 15 is 0 Å². The molecule has 5 heteroatoms. The zero-order chi connectivity index (χ0) is 17.8. The molecule has 1 aliphatic carbocycles. The first-order valence-corrected chi connectivity index (χ1v) is 9.96. The molecule has 2 aromatic rings. The van der Waals surface area contributed by atoms with Crippen LogP contribution in [0.2, 0.25) is 0 Å². The number of nitrogens with one attached hydrogen (secondary N) is 1. The lowest BCUT2D eigenvalue weighted by Gasteiger charge is -2.25. The Morgan fingerprint density at radius 1 is 1.15 bits per heavy atom. The van der Waals surface area contributed by atoms with Crippen molar-refractivity contribution in [2.75, 3.05) is 26.2 Å². The van der Waals surface area contributed by atoms with Crippen LogP contribution in [0.3, 0.4) is 0 Å². The lowest BCUT2D eigenvalue weighted by molar-refractivity contribution is -0.132. The highest BCUT2D eigenvalue weighted by Gasteiger charge is 2.26. The summed E-state index contributed by atoms with van der Waals surface area (Å²) in [5.41, 5.74) is 3.16. The Morgan fingerprint density at radius 3 is 2.92 bits per heavy atom. The van der Waals surface area contributed by atoms with E-state index in [0.717, 1.165) is 50.1 Å². The van der Waals surface area contributed by atoms with Gasteiger partial charge in [-0.3, -0.25) is 14.8 Å². The second-order valence-corrected chi connectivity index (χ2v) is 7.81. The first-order chi connectivity index (χ1) is 12.8. The maximum atomic E-state index is 12.8. The first kappa shape index (κ1) is 17.4. The minimum atomic E-state index is 0.350. The first-order valence-electron chi connectivity index (χ1n) is 9.96. The van der Waals surface area contributed by atoms with Gasteiger partial charge in [-0.2, -0.15) is 0 Å². The predicted molar refractivity (Wildman–Crippen MR) is 103 cm³/mol. The molecule has 1 unspecified atom stereocenters. The van der Waals surface area contributed by atoms with Crippen LogP contribution in [0.25, 0.3) is 11.0 Å². The zero-order valence-corrected chi connectivity index (χ0v) is 15.4. The number of hydrogen-bond acceptors (Lipinski definition) is 4. The normalized spacial score (nSPS) is 21.8. The third-order valence-electron chi connectivity index (χ3n) is 5.85. The molecule has 0 spiro atoms. The van der Waals surface area contributed by atoms with E-state index in [1.807, 2.05) is 24.5 Å². The largest absolute Gasteiger partial charge is 0.341 e. The summed E-state index contributed by atoms with van der Waals surface area (Å²) < 4.78 is 0. The van der Waals surface area contributed by atoms with E-state index in [-0.39, 0.29) is 0 Å². The van der Waals surface area contributed by atoms with Crippen LogP contribution in [0.1, 0.15) is 37.7 Å². The van der Waals surface area contributed by atoms with E-state index < -0.39 is 0 Å². The molecule has 138 valence electrons. The molecule has 1 amide bonds. The summed E-state index contributed by atoms with van der Waals surface area (Å²) in [5, 5.41) is 3.51. The molecule has 1 saturated carbocycles. The van der Waals surface area contributed by atoms with Gasteiger partial charge >= 0.3 is 0 Å². The molecule has 0 radical (unpaired) electrons. The van der Waals surface area contributed by atoms with E-state index in [2.05, 4.69) is 26.3 Å². The summed E-state index contributed by atoms with van der Waals surface area (Å²) >= 11 is 0. The molecule has 1 saturated heterocycles. The Balaban J connectivity index is 1.44. The van der Waals surface area contributed by atoms with Crippen molar-refractivity contribution in [3.05, 3.63) is 36.2 Å². The second-order valence-electron chi connectivity index (χ2n) is 7.81. The molecule has 2 fully saturated rings. The van der Waals surface area contributed by atoms with Gasteiger partial charge in [0.25, 0.3) is 0 Å². The zero-order valence-electron chi connectivity index (χ0n) is 15.4. The van der Waals surface area contributed by atoms with Crippen molar-refractivity contribution in [3.8, 4) is 0 Å². The Morgan fingerprint density at radius 2 is 2.04 bits per heavy atom. The lowest BCUT2D eigenvalue weighted by Crippen LogP contribution is -2.37. The third-order valence-corrected chi connectivity index (χ3v) is 5.85. The Labute approximate surface area is 155 Å². The number of pyridine rings is 2. The van der Waals surface area contributed by atoms with Gasteiger partial charge in [0, 0.05) is 45.0 Å². The topological polar surface area (TPSA) is 58.1 Å². The average molecular weight is 352 g/mol. The van der Waals surface area contributed by atoms with Gasteiger partial charge in [-0.1, -0.05) is 12.8 Å². The summed E-state index contributed by atoms with van der Waals surface area (Å²) in [4.78, 5) is 23.8. The van der Waals surface area contributed by atoms with Gasteiger partial charge in [-0.05, 0) is 54.9 Å². The summed E-state index contributed by atoms with van der Waals surface area (Å²) in [6, 6.07) is 6.01. The number of rotatable bonds is 4. The maximum absolute atomic E-state index is 12.8. The standard InChI is InChI=1S/C21H28N4O/c26-20(13-16-4-1-2-5-16)25-11-10-22-14-17(15-25)12-18-7-9-23-19-6-3-8-24-21(18)19/h3,6-9,16-17,22H,1-2,4-5,10-15H2. The Kier molecular flexibility index (Phi) is 5.44. The maximum Gasteiger partial charge on any atom is 0.222 e. The second kappa shape index (κ2) is 8.12. The molecule has 0 bridgehead atoms. The monoisotopic (exact) mass is 352 g/mol. The van der Waals surface area contributed by atoms with Crippen LogP contribution in [0, 0.1) is 11.8 Å². The van der Waals surface area contributed by atoms with E-state index in [9.17, 15) is 4.79 Å². The van der Waals surface area contributed by atoms with Gasteiger partial charge in [0.15, 0.2) is 0 Å². The highest BCUT2D eigenvalue weighted by Crippen LogP contribution is 2.28. The van der Waals surface area contributed by atoms with Crippen LogP contribution >= 0.6 is 0 Å². The van der Waals surface area contributed by atoms with Crippen LogP contribution < -0.4 is 5.32 Å². The highest BCUT2D eigenvalue weighted by molar-refractivity contribution is 5.77. The molecule has 2 aromatic heterocycles. The molecule has 1 atom stereocenters. The fourth-order valence-electron chi connectivity index (χ4n) is 4.45. The van der Waals surface area contributed by atoms with E-state index in [4.69, 9.17) is 0 Å². The summed E-state index contributed by atoms with van der Waals surface area (Å²) in [6.45, 7) is 3.51. The van der Waals surface area contributed by atoms with Crippen LogP contribution in [0.15, 0.2) is 30.6 Å². The molecular formula is C21H28N4O. The number of carbonyl (C=O) groups is 1. The van der Waals surface area contributed by atoms with E-state index in [0.29, 0.717) is 17.7 Å². The summed E-state index contributed by atoms with van der Waals surface area (Å²) in [7, 11) is 0. The van der Waals surface area contributed by atoms with E-state index in [1.54, 1.807) is 0 Å². The van der Waals surface area contributed by atoms with Gasteiger partial charge in [-0.15, -0.1) is 0 Å². The number of carbonyl (C=O) groups excluding carboxylic acids is 1. The minimum absolute atomic E-state index is 0.350. The number of nitrogens with zero attached hydrogens (tertiary/aromatic N) is 3. The molecule has 0 aromatic carbocycles. The van der Waals surface area contributed by atoms with Crippen molar-refractivity contribution >= 4 is 16.9 Å². The molecule has 2 aliphatic rings. The van der Waals surface area contributed by atoms with Gasteiger partial charge in [-0.25, -0.2) is 0 Å². The van der Waals surface area contributed by atoms with Crippen molar-refractivity contribution in [2.24, 2.45) is 11.8 Å². The van der Waals surface area contributed by atoms with Crippen molar-refractivity contribution in [1.29, 1.82) is 0 Å². The van der Waals surface area contributed by atoms with Crippen LogP contribution in [0.5, 0.6) is 0 Å². The number of hydrogen-bond donors (Lipinski definition) is 1. The molecule has 4 rings (SSSR count). The average Bonchev–Trinajstić information content (AvgIpc) is 3.06. The SMILES string of the molecule is O=C(CC1CCCC1)N1CCNCC(Cc2ccnc3cccnc23)C1. The quantitative estimate of drug-likeness (QED) is 0.919. The van der Waals surface area contributed by atoms with Crippen molar-refractivity contribution in [3.63, 3.8) is 0 Å². The fourth-order valence-corrected chi connectivity index (χ4v) is 4.45. The molecule has 1 N–H and O–H groups in total. The number of aromatic nitrogens is 2. The number of amides is 1. The Hall–Kier alpha value is -2.01. The van der Waals surface area contributed by atoms with Gasteiger partial charge in [0.1, 0.15) is 0 Å². The van der Waals surface area contributed by atoms with Gasteiger partial charge in [0.2, 0.25) is 5.91 Å². The van der Waals surface area contributed by atoms with Crippen LogP contribution in [-0.2, 0) is 11.2 Å². The molecular weight excluding hydrogens is 324 g/mol.